The first-order chi connectivity index (χ1) is 8.58. The molecule has 0 saturated heterocycles. The van der Waals surface area contributed by atoms with Crippen LogP contribution >= 0.6 is 11.6 Å². The quantitative estimate of drug-likeness (QED) is 0.890. The number of aryl methyl sites for hydroxylation is 1. The molecule has 0 amide bonds. The molecule has 0 spiro atoms. The number of carbonyl (C=O) groups is 1. The van der Waals surface area contributed by atoms with E-state index in [4.69, 9.17) is 21.2 Å². The van der Waals surface area contributed by atoms with Gasteiger partial charge < -0.3 is 14.9 Å². The second kappa shape index (κ2) is 5.10. The molecule has 2 N–H and O–H groups in total. The van der Waals surface area contributed by atoms with Crippen LogP contribution in [0.15, 0.2) is 28.8 Å². The normalized spacial score (nSPS) is 10.3. The summed E-state index contributed by atoms with van der Waals surface area (Å²) in [5, 5.41) is 15.8. The minimum absolute atomic E-state index is 0.109. The van der Waals surface area contributed by atoms with Gasteiger partial charge in [0.15, 0.2) is 11.5 Å². The van der Waals surface area contributed by atoms with E-state index in [0.29, 0.717) is 17.3 Å². The third kappa shape index (κ3) is 2.62. The smallest absolute Gasteiger partial charge is 0.358 e. The molecule has 94 valence electrons. The highest BCUT2D eigenvalue weighted by atomic mass is 35.5. The summed E-state index contributed by atoms with van der Waals surface area (Å²) in [7, 11) is 0. The molecule has 1 aromatic carbocycles. The van der Waals surface area contributed by atoms with Crippen LogP contribution in [-0.2, 0) is 6.54 Å². The second-order valence-electron chi connectivity index (χ2n) is 3.77. The van der Waals surface area contributed by atoms with Crippen molar-refractivity contribution in [3.8, 4) is 0 Å². The van der Waals surface area contributed by atoms with Crippen LogP contribution in [0.4, 0.5) is 5.69 Å². The van der Waals surface area contributed by atoms with Crippen LogP contribution in [0.5, 0.6) is 0 Å². The van der Waals surface area contributed by atoms with Gasteiger partial charge in [-0.3, -0.25) is 0 Å². The van der Waals surface area contributed by atoms with Gasteiger partial charge in [0, 0.05) is 6.07 Å². The fraction of sp³-hybridized carbons (Fsp3) is 0.167. The molecule has 18 heavy (non-hydrogen) atoms. The molecule has 1 heterocycles. The van der Waals surface area contributed by atoms with Gasteiger partial charge in [-0.1, -0.05) is 28.9 Å². The van der Waals surface area contributed by atoms with Crippen molar-refractivity contribution in [3.63, 3.8) is 0 Å². The largest absolute Gasteiger partial charge is 0.476 e. The summed E-state index contributed by atoms with van der Waals surface area (Å²) in [6, 6.07) is 6.94. The van der Waals surface area contributed by atoms with E-state index in [1.807, 2.05) is 19.1 Å². The number of halogens is 1. The van der Waals surface area contributed by atoms with Gasteiger partial charge in [-0.2, -0.15) is 0 Å². The number of anilines is 1. The lowest BCUT2D eigenvalue weighted by Crippen LogP contribution is -2.01. The highest BCUT2D eigenvalue weighted by Gasteiger charge is 2.11. The maximum Gasteiger partial charge on any atom is 0.358 e. The molecular formula is C12H11ClN2O3. The molecule has 0 atom stereocenters. The zero-order valence-corrected chi connectivity index (χ0v) is 10.4. The fourth-order valence-corrected chi connectivity index (χ4v) is 1.82. The maximum atomic E-state index is 10.6. The van der Waals surface area contributed by atoms with Crippen molar-refractivity contribution in [1.82, 2.24) is 5.16 Å². The summed E-state index contributed by atoms with van der Waals surface area (Å²) in [6.45, 7) is 2.25. The first-order valence-electron chi connectivity index (χ1n) is 5.26. The van der Waals surface area contributed by atoms with Crippen molar-refractivity contribution in [2.75, 3.05) is 5.32 Å². The van der Waals surface area contributed by atoms with Gasteiger partial charge in [-0.15, -0.1) is 0 Å². The fourth-order valence-electron chi connectivity index (χ4n) is 1.53. The van der Waals surface area contributed by atoms with Crippen LogP contribution in [0, 0.1) is 6.92 Å². The molecular weight excluding hydrogens is 256 g/mol. The van der Waals surface area contributed by atoms with Crippen molar-refractivity contribution >= 4 is 23.3 Å². The number of para-hydroxylation sites is 1. The Morgan fingerprint density at radius 3 is 2.94 bits per heavy atom. The predicted molar refractivity (Wildman–Crippen MR) is 67.0 cm³/mol. The molecule has 0 unspecified atom stereocenters. The third-order valence-corrected chi connectivity index (χ3v) is 2.75. The predicted octanol–water partition coefficient (Wildman–Crippen LogP) is 2.95. The first-order valence-corrected chi connectivity index (χ1v) is 5.63. The Morgan fingerprint density at radius 2 is 2.33 bits per heavy atom. The number of carboxylic acids is 1. The molecule has 0 saturated carbocycles. The molecule has 5 nitrogen and oxygen atoms in total. The number of hydrogen-bond acceptors (Lipinski definition) is 4. The summed E-state index contributed by atoms with van der Waals surface area (Å²) in [5.74, 6) is -0.675. The number of carboxylic acid groups (broad SMARTS) is 1. The van der Waals surface area contributed by atoms with Gasteiger partial charge >= 0.3 is 5.97 Å². The number of hydrogen-bond donors (Lipinski definition) is 2. The summed E-state index contributed by atoms with van der Waals surface area (Å²) < 4.78 is 4.89. The second-order valence-corrected chi connectivity index (χ2v) is 4.18. The topological polar surface area (TPSA) is 75.4 Å². The summed E-state index contributed by atoms with van der Waals surface area (Å²) in [4.78, 5) is 10.6. The van der Waals surface area contributed by atoms with Gasteiger partial charge in [0.25, 0.3) is 0 Å². The molecule has 0 bridgehead atoms. The zero-order valence-electron chi connectivity index (χ0n) is 9.61. The van der Waals surface area contributed by atoms with E-state index in [9.17, 15) is 4.79 Å². The average molecular weight is 267 g/mol. The minimum Gasteiger partial charge on any atom is -0.476 e. The third-order valence-electron chi connectivity index (χ3n) is 2.44. The Kier molecular flexibility index (Phi) is 3.53. The highest BCUT2D eigenvalue weighted by Crippen LogP contribution is 2.25. The number of nitrogens with one attached hydrogen (secondary N) is 1. The van der Waals surface area contributed by atoms with E-state index in [2.05, 4.69) is 10.5 Å². The van der Waals surface area contributed by atoms with E-state index >= 15 is 0 Å². The number of rotatable bonds is 4. The van der Waals surface area contributed by atoms with Gasteiger partial charge in [0.2, 0.25) is 0 Å². The summed E-state index contributed by atoms with van der Waals surface area (Å²) >= 11 is 6.05. The lowest BCUT2D eigenvalue weighted by molar-refractivity contribution is 0.0685. The number of benzene rings is 1. The Hall–Kier alpha value is -2.01. The van der Waals surface area contributed by atoms with Crippen LogP contribution in [0.1, 0.15) is 21.8 Å². The standard InChI is InChI=1S/C12H11ClN2O3/c1-7-3-2-4-9(13)11(7)14-6-8-5-10(12(16)17)15-18-8/h2-5,14H,6H2,1H3,(H,16,17). The van der Waals surface area contributed by atoms with Crippen LogP contribution in [0.3, 0.4) is 0 Å². The number of aromatic carboxylic acids is 1. The van der Waals surface area contributed by atoms with E-state index in [1.165, 1.54) is 6.07 Å². The molecule has 0 aliphatic rings. The van der Waals surface area contributed by atoms with Crippen LogP contribution in [-0.4, -0.2) is 16.2 Å². The van der Waals surface area contributed by atoms with E-state index in [0.717, 1.165) is 11.3 Å². The molecule has 1 aromatic heterocycles. The SMILES string of the molecule is Cc1cccc(Cl)c1NCc1cc(C(=O)O)no1. The molecule has 0 aliphatic heterocycles. The Labute approximate surface area is 108 Å². The lowest BCUT2D eigenvalue weighted by atomic mass is 10.2. The summed E-state index contributed by atoms with van der Waals surface area (Å²) in [6.07, 6.45) is 0. The van der Waals surface area contributed by atoms with Crippen molar-refractivity contribution in [3.05, 3.63) is 46.3 Å². The Morgan fingerprint density at radius 1 is 1.56 bits per heavy atom. The van der Waals surface area contributed by atoms with E-state index in [1.54, 1.807) is 6.07 Å². The zero-order chi connectivity index (χ0) is 13.1. The molecule has 2 rings (SSSR count). The van der Waals surface area contributed by atoms with Crippen LogP contribution in [0.25, 0.3) is 0 Å². The van der Waals surface area contributed by atoms with Crippen molar-refractivity contribution < 1.29 is 14.4 Å². The maximum absolute atomic E-state index is 10.6. The number of aromatic nitrogens is 1. The minimum atomic E-state index is -1.11. The molecule has 0 radical (unpaired) electrons. The van der Waals surface area contributed by atoms with Crippen molar-refractivity contribution in [2.45, 2.75) is 13.5 Å². The Balaban J connectivity index is 2.09. The van der Waals surface area contributed by atoms with Crippen molar-refractivity contribution in [2.24, 2.45) is 0 Å². The Bertz CT molecular complexity index is 560. The van der Waals surface area contributed by atoms with Gasteiger partial charge in [-0.25, -0.2) is 4.79 Å². The van der Waals surface area contributed by atoms with E-state index in [-0.39, 0.29) is 5.69 Å². The highest BCUT2D eigenvalue weighted by molar-refractivity contribution is 6.33. The number of nitrogens with zero attached hydrogens (tertiary/aromatic N) is 1. The summed E-state index contributed by atoms with van der Waals surface area (Å²) in [5.41, 5.74) is 1.69. The van der Waals surface area contributed by atoms with Gasteiger partial charge in [-0.05, 0) is 18.6 Å². The first kappa shape index (κ1) is 12.4. The van der Waals surface area contributed by atoms with Crippen LogP contribution in [0.2, 0.25) is 5.02 Å². The van der Waals surface area contributed by atoms with Gasteiger partial charge in [0.1, 0.15) is 0 Å². The monoisotopic (exact) mass is 266 g/mol. The molecule has 0 aliphatic carbocycles. The van der Waals surface area contributed by atoms with Crippen LogP contribution < -0.4 is 5.32 Å². The lowest BCUT2D eigenvalue weighted by Gasteiger charge is -2.09. The van der Waals surface area contributed by atoms with Gasteiger partial charge in [0.05, 0.1) is 17.3 Å². The average Bonchev–Trinajstić information content (AvgIpc) is 2.77. The van der Waals surface area contributed by atoms with E-state index < -0.39 is 5.97 Å². The molecule has 2 aromatic rings. The molecule has 0 fully saturated rings. The van der Waals surface area contributed by atoms with Crippen molar-refractivity contribution in [1.29, 1.82) is 0 Å². The molecule has 6 heteroatoms.